The number of thioether (sulfide) groups is 1. The summed E-state index contributed by atoms with van der Waals surface area (Å²) in [4.78, 5) is 34.4. The Labute approximate surface area is 179 Å². The van der Waals surface area contributed by atoms with Crippen molar-refractivity contribution in [1.29, 1.82) is 0 Å². The maximum atomic E-state index is 12.5. The Balaban J connectivity index is 1.59. The lowest BCUT2D eigenvalue weighted by atomic mass is 10.1. The first-order valence-electron chi connectivity index (χ1n) is 9.48. The van der Waals surface area contributed by atoms with E-state index in [-0.39, 0.29) is 17.2 Å². The molecule has 0 spiro atoms. The van der Waals surface area contributed by atoms with E-state index in [9.17, 15) is 9.59 Å². The third-order valence-corrected chi connectivity index (χ3v) is 5.87. The Morgan fingerprint density at radius 1 is 1.45 bits per heavy atom. The van der Waals surface area contributed by atoms with Gasteiger partial charge in [-0.25, -0.2) is 4.98 Å². The van der Waals surface area contributed by atoms with Crippen molar-refractivity contribution in [3.63, 3.8) is 0 Å². The van der Waals surface area contributed by atoms with Gasteiger partial charge in [0.1, 0.15) is 0 Å². The summed E-state index contributed by atoms with van der Waals surface area (Å²) in [6.45, 7) is 4.98. The molecular formula is C20H25ClN4O3S. The summed E-state index contributed by atoms with van der Waals surface area (Å²) in [6.07, 6.45) is 1.67. The van der Waals surface area contributed by atoms with Gasteiger partial charge >= 0.3 is 0 Å². The van der Waals surface area contributed by atoms with Crippen molar-refractivity contribution in [2.75, 3.05) is 37.9 Å². The second kappa shape index (κ2) is 10.2. The molecule has 0 aliphatic carbocycles. The van der Waals surface area contributed by atoms with E-state index in [1.807, 2.05) is 13.0 Å². The zero-order valence-electron chi connectivity index (χ0n) is 16.6. The van der Waals surface area contributed by atoms with Gasteiger partial charge in [-0.1, -0.05) is 29.4 Å². The Kier molecular flexibility index (Phi) is 7.71. The normalized spacial score (nSPS) is 13.9. The van der Waals surface area contributed by atoms with E-state index in [0.717, 1.165) is 42.8 Å². The standard InChI is InChI=1S/C20H25ClN4O3S/c1-13-4-5-14(21)10-17(13)22-18(26)12-29-20-23-16-6-8-25(7-3-9-28-2)11-15(16)19(27)24-20/h4-5,10H,3,6-9,11-12H2,1-2H3,(H,22,26)(H,23,24,27). The first-order chi connectivity index (χ1) is 14.0. The van der Waals surface area contributed by atoms with E-state index in [1.54, 1.807) is 19.2 Å². The molecule has 0 saturated heterocycles. The number of carbonyl (C=O) groups is 1. The molecule has 0 radical (unpaired) electrons. The number of nitrogens with zero attached hydrogens (tertiary/aromatic N) is 2. The van der Waals surface area contributed by atoms with Crippen LogP contribution in [0, 0.1) is 6.92 Å². The summed E-state index contributed by atoms with van der Waals surface area (Å²) in [5.41, 5.74) is 3.04. The molecule has 1 aromatic heterocycles. The maximum absolute atomic E-state index is 12.5. The predicted molar refractivity (Wildman–Crippen MR) is 116 cm³/mol. The lowest BCUT2D eigenvalue weighted by Gasteiger charge is -2.27. The quantitative estimate of drug-likeness (QED) is 0.376. The zero-order chi connectivity index (χ0) is 20.8. The van der Waals surface area contributed by atoms with E-state index >= 15 is 0 Å². The van der Waals surface area contributed by atoms with Crippen LogP contribution in [0.2, 0.25) is 5.02 Å². The summed E-state index contributed by atoms with van der Waals surface area (Å²) < 4.78 is 5.09. The van der Waals surface area contributed by atoms with E-state index in [0.29, 0.717) is 29.0 Å². The van der Waals surface area contributed by atoms with Crippen LogP contribution in [0.5, 0.6) is 0 Å². The first-order valence-corrected chi connectivity index (χ1v) is 10.8. The molecule has 0 bridgehead atoms. The van der Waals surface area contributed by atoms with Gasteiger partial charge in [0.2, 0.25) is 5.91 Å². The number of aromatic nitrogens is 2. The molecular weight excluding hydrogens is 412 g/mol. The van der Waals surface area contributed by atoms with Crippen LogP contribution in [0.25, 0.3) is 0 Å². The highest BCUT2D eigenvalue weighted by Crippen LogP contribution is 2.22. The van der Waals surface area contributed by atoms with Crippen LogP contribution in [-0.2, 0) is 22.5 Å². The molecule has 1 aliphatic heterocycles. The molecule has 156 valence electrons. The summed E-state index contributed by atoms with van der Waals surface area (Å²) in [6, 6.07) is 5.35. The number of anilines is 1. The van der Waals surface area contributed by atoms with Gasteiger partial charge in [-0.05, 0) is 31.0 Å². The number of aromatic amines is 1. The highest BCUT2D eigenvalue weighted by molar-refractivity contribution is 7.99. The van der Waals surface area contributed by atoms with Crippen molar-refractivity contribution in [2.24, 2.45) is 0 Å². The Morgan fingerprint density at radius 3 is 3.07 bits per heavy atom. The van der Waals surface area contributed by atoms with Crippen molar-refractivity contribution >= 4 is 35.0 Å². The highest BCUT2D eigenvalue weighted by atomic mass is 35.5. The van der Waals surface area contributed by atoms with Gasteiger partial charge < -0.3 is 15.0 Å². The molecule has 1 amide bonds. The van der Waals surface area contributed by atoms with Crippen LogP contribution in [-0.4, -0.2) is 53.3 Å². The number of amides is 1. The van der Waals surface area contributed by atoms with Crippen LogP contribution < -0.4 is 10.9 Å². The number of ether oxygens (including phenoxy) is 1. The topological polar surface area (TPSA) is 87.3 Å². The number of nitrogens with one attached hydrogen (secondary N) is 2. The second-order valence-electron chi connectivity index (χ2n) is 6.96. The molecule has 2 aromatic rings. The number of fused-ring (bicyclic) bond motifs is 1. The van der Waals surface area contributed by atoms with Crippen molar-refractivity contribution in [3.8, 4) is 0 Å². The second-order valence-corrected chi connectivity index (χ2v) is 8.37. The molecule has 29 heavy (non-hydrogen) atoms. The van der Waals surface area contributed by atoms with Gasteiger partial charge in [-0.3, -0.25) is 14.5 Å². The molecule has 1 aromatic carbocycles. The van der Waals surface area contributed by atoms with Crippen LogP contribution >= 0.6 is 23.4 Å². The lowest BCUT2D eigenvalue weighted by molar-refractivity contribution is -0.113. The number of hydrogen-bond acceptors (Lipinski definition) is 6. The summed E-state index contributed by atoms with van der Waals surface area (Å²) in [7, 11) is 1.69. The van der Waals surface area contributed by atoms with Crippen LogP contribution in [0.1, 0.15) is 23.2 Å². The molecule has 9 heteroatoms. The van der Waals surface area contributed by atoms with E-state index in [2.05, 4.69) is 20.2 Å². The third kappa shape index (κ3) is 6.05. The Hall–Kier alpha value is -1.87. The average molecular weight is 437 g/mol. The van der Waals surface area contributed by atoms with Crippen molar-refractivity contribution in [3.05, 3.63) is 50.4 Å². The number of halogens is 1. The molecule has 0 saturated carbocycles. The maximum Gasteiger partial charge on any atom is 0.256 e. The fourth-order valence-corrected chi connectivity index (χ4v) is 4.05. The molecule has 0 unspecified atom stereocenters. The van der Waals surface area contributed by atoms with Gasteiger partial charge in [0.05, 0.1) is 17.0 Å². The Bertz CT molecular complexity index is 934. The SMILES string of the molecule is COCCCN1CCc2nc(SCC(=O)Nc3cc(Cl)ccc3C)[nH]c(=O)c2C1. The number of benzene rings is 1. The highest BCUT2D eigenvalue weighted by Gasteiger charge is 2.21. The molecule has 1 aliphatic rings. The zero-order valence-corrected chi connectivity index (χ0v) is 18.2. The summed E-state index contributed by atoms with van der Waals surface area (Å²) >= 11 is 7.21. The molecule has 2 N–H and O–H groups in total. The monoisotopic (exact) mass is 436 g/mol. The number of carbonyl (C=O) groups excluding carboxylic acids is 1. The van der Waals surface area contributed by atoms with Crippen LogP contribution in [0.3, 0.4) is 0 Å². The van der Waals surface area contributed by atoms with E-state index in [1.165, 1.54) is 11.8 Å². The molecule has 0 atom stereocenters. The van der Waals surface area contributed by atoms with Gasteiger partial charge in [0.15, 0.2) is 5.16 Å². The third-order valence-electron chi connectivity index (χ3n) is 4.76. The minimum absolute atomic E-state index is 0.125. The fourth-order valence-electron chi connectivity index (χ4n) is 3.20. The smallest absolute Gasteiger partial charge is 0.256 e. The molecule has 0 fully saturated rings. The number of rotatable bonds is 8. The van der Waals surface area contributed by atoms with Crippen LogP contribution in [0.15, 0.2) is 28.2 Å². The fraction of sp³-hybridized carbons (Fsp3) is 0.450. The predicted octanol–water partition coefficient (Wildman–Crippen LogP) is 2.86. The number of hydrogen-bond donors (Lipinski definition) is 2. The first kappa shape index (κ1) is 21.8. The van der Waals surface area contributed by atoms with Gasteiger partial charge in [0, 0.05) is 50.5 Å². The Morgan fingerprint density at radius 2 is 2.28 bits per heavy atom. The van der Waals surface area contributed by atoms with Gasteiger partial charge in [-0.15, -0.1) is 0 Å². The van der Waals surface area contributed by atoms with Crippen molar-refractivity contribution < 1.29 is 9.53 Å². The number of H-pyrrole nitrogens is 1. The number of methoxy groups -OCH3 is 1. The minimum Gasteiger partial charge on any atom is -0.385 e. The largest absolute Gasteiger partial charge is 0.385 e. The minimum atomic E-state index is -0.176. The van der Waals surface area contributed by atoms with Crippen LogP contribution in [0.4, 0.5) is 5.69 Å². The van der Waals surface area contributed by atoms with Gasteiger partial charge in [-0.2, -0.15) is 0 Å². The summed E-state index contributed by atoms with van der Waals surface area (Å²) in [5, 5.41) is 3.88. The molecule has 3 rings (SSSR count). The summed E-state index contributed by atoms with van der Waals surface area (Å²) in [5.74, 6) is -0.0262. The van der Waals surface area contributed by atoms with E-state index < -0.39 is 0 Å². The van der Waals surface area contributed by atoms with E-state index in [4.69, 9.17) is 16.3 Å². The lowest BCUT2D eigenvalue weighted by Crippen LogP contribution is -2.36. The van der Waals surface area contributed by atoms with Crippen molar-refractivity contribution in [2.45, 2.75) is 31.5 Å². The number of aryl methyl sites for hydroxylation is 1. The molecule has 7 nitrogen and oxygen atoms in total. The van der Waals surface area contributed by atoms with Gasteiger partial charge in [0.25, 0.3) is 5.56 Å². The van der Waals surface area contributed by atoms with Crippen molar-refractivity contribution in [1.82, 2.24) is 14.9 Å². The average Bonchev–Trinajstić information content (AvgIpc) is 2.70. The molecule has 2 heterocycles.